The van der Waals surface area contributed by atoms with E-state index in [2.05, 4.69) is 52.3 Å². The number of ketones is 1. The number of hydrogen-bond donors (Lipinski definition) is 0. The van der Waals surface area contributed by atoms with E-state index in [1.54, 1.807) is 0 Å². The Morgan fingerprint density at radius 3 is 2.56 bits per heavy atom. The van der Waals surface area contributed by atoms with Crippen molar-refractivity contribution in [1.29, 1.82) is 0 Å². The van der Waals surface area contributed by atoms with Gasteiger partial charge in [-0.1, -0.05) is 48.5 Å². The number of carbonyl (C=O) groups is 1. The van der Waals surface area contributed by atoms with Crippen LogP contribution in [0.1, 0.15) is 29.7 Å². The van der Waals surface area contributed by atoms with Gasteiger partial charge in [0.1, 0.15) is 5.78 Å². The van der Waals surface area contributed by atoms with Crippen LogP contribution in [0.5, 0.6) is 0 Å². The van der Waals surface area contributed by atoms with Crippen LogP contribution in [0.15, 0.2) is 60.8 Å². The highest BCUT2D eigenvalue weighted by Gasteiger charge is 2.25. The van der Waals surface area contributed by atoms with E-state index < -0.39 is 0 Å². The molecule has 2 aromatic carbocycles. The molecular weight excluding hydrogens is 332 g/mol. The fourth-order valence-electron chi connectivity index (χ4n) is 4.16. The van der Waals surface area contributed by atoms with Gasteiger partial charge in [-0.15, -0.1) is 0 Å². The van der Waals surface area contributed by atoms with Crippen LogP contribution in [-0.2, 0) is 17.8 Å². The average molecular weight is 358 g/mol. The summed E-state index contributed by atoms with van der Waals surface area (Å²) in [5.41, 5.74) is 3.51. The number of Topliss-reactive ketones (excluding diaryl/α,β-unsaturated/α-hetero) is 1. The maximum absolute atomic E-state index is 12.9. The standard InChI is InChI=1S/C24H26N2O/c1-18-22-9-5-8-21(23(22)10-13-25-18)16-24(27)20-11-14-26(15-12-20)17-19-6-3-2-4-7-19/h2-10,13,20H,11-12,14-17H2,1H3. The van der Waals surface area contributed by atoms with Crippen LogP contribution >= 0.6 is 0 Å². The molecule has 0 N–H and O–H groups in total. The van der Waals surface area contributed by atoms with Crippen LogP contribution in [0, 0.1) is 12.8 Å². The molecule has 3 aromatic rings. The first-order valence-electron chi connectivity index (χ1n) is 9.83. The van der Waals surface area contributed by atoms with Gasteiger partial charge in [-0.05, 0) is 55.4 Å². The Hall–Kier alpha value is -2.52. The van der Waals surface area contributed by atoms with Crippen molar-refractivity contribution in [3.63, 3.8) is 0 Å². The summed E-state index contributed by atoms with van der Waals surface area (Å²) in [5, 5.41) is 2.32. The number of hydrogen-bond acceptors (Lipinski definition) is 3. The van der Waals surface area contributed by atoms with Crippen molar-refractivity contribution in [2.45, 2.75) is 32.7 Å². The molecule has 138 valence electrons. The molecule has 3 nitrogen and oxygen atoms in total. The molecule has 0 aliphatic carbocycles. The predicted octanol–water partition coefficient (Wildman–Crippen LogP) is 4.57. The fraction of sp³-hybridized carbons (Fsp3) is 0.333. The Kier molecular flexibility index (Phi) is 5.30. The van der Waals surface area contributed by atoms with Crippen molar-refractivity contribution in [1.82, 2.24) is 9.88 Å². The summed E-state index contributed by atoms with van der Waals surface area (Å²) in [6, 6.07) is 18.8. The molecule has 1 aromatic heterocycles. The lowest BCUT2D eigenvalue weighted by molar-refractivity contribution is -0.123. The zero-order chi connectivity index (χ0) is 18.6. The summed E-state index contributed by atoms with van der Waals surface area (Å²) in [6.45, 7) is 5.02. The third-order valence-corrected chi connectivity index (χ3v) is 5.75. The minimum absolute atomic E-state index is 0.190. The molecule has 0 saturated carbocycles. The summed E-state index contributed by atoms with van der Waals surface area (Å²) in [7, 11) is 0. The lowest BCUT2D eigenvalue weighted by atomic mass is 9.88. The zero-order valence-electron chi connectivity index (χ0n) is 15.9. The quantitative estimate of drug-likeness (QED) is 0.670. The number of aromatic nitrogens is 1. The molecule has 27 heavy (non-hydrogen) atoms. The van der Waals surface area contributed by atoms with E-state index in [0.29, 0.717) is 12.2 Å². The Morgan fingerprint density at radius 1 is 1.00 bits per heavy atom. The number of likely N-dealkylation sites (tertiary alicyclic amines) is 1. The molecule has 0 unspecified atom stereocenters. The van der Waals surface area contributed by atoms with Gasteiger partial charge in [-0.3, -0.25) is 14.7 Å². The van der Waals surface area contributed by atoms with Crippen molar-refractivity contribution in [3.05, 3.63) is 77.6 Å². The lowest BCUT2D eigenvalue weighted by Crippen LogP contribution is -2.36. The third-order valence-electron chi connectivity index (χ3n) is 5.75. The Morgan fingerprint density at radius 2 is 1.78 bits per heavy atom. The fourth-order valence-corrected chi connectivity index (χ4v) is 4.16. The van der Waals surface area contributed by atoms with E-state index in [1.165, 1.54) is 10.9 Å². The topological polar surface area (TPSA) is 33.2 Å². The molecule has 3 heteroatoms. The van der Waals surface area contributed by atoms with Crippen molar-refractivity contribution >= 4 is 16.6 Å². The summed E-state index contributed by atoms with van der Waals surface area (Å²) in [4.78, 5) is 19.8. The number of piperidine rings is 1. The van der Waals surface area contributed by atoms with E-state index in [1.807, 2.05) is 25.3 Å². The molecule has 1 fully saturated rings. The minimum Gasteiger partial charge on any atom is -0.299 e. The molecular formula is C24H26N2O. The molecule has 0 bridgehead atoms. The van der Waals surface area contributed by atoms with Gasteiger partial charge in [0.15, 0.2) is 0 Å². The van der Waals surface area contributed by atoms with Crippen molar-refractivity contribution in [2.75, 3.05) is 13.1 Å². The smallest absolute Gasteiger partial charge is 0.140 e. The Bertz CT molecular complexity index is 928. The lowest BCUT2D eigenvalue weighted by Gasteiger charge is -2.31. The molecule has 0 radical (unpaired) electrons. The van der Waals surface area contributed by atoms with E-state index in [9.17, 15) is 4.79 Å². The predicted molar refractivity (Wildman–Crippen MR) is 110 cm³/mol. The molecule has 1 saturated heterocycles. The van der Waals surface area contributed by atoms with Crippen molar-refractivity contribution < 1.29 is 4.79 Å². The maximum Gasteiger partial charge on any atom is 0.140 e. The van der Waals surface area contributed by atoms with Gasteiger partial charge >= 0.3 is 0 Å². The van der Waals surface area contributed by atoms with E-state index >= 15 is 0 Å². The molecule has 0 amide bonds. The largest absolute Gasteiger partial charge is 0.299 e. The number of carbonyl (C=O) groups excluding carboxylic acids is 1. The van der Waals surface area contributed by atoms with Gasteiger partial charge in [0.2, 0.25) is 0 Å². The molecule has 1 aliphatic rings. The van der Waals surface area contributed by atoms with Crippen LogP contribution in [0.2, 0.25) is 0 Å². The van der Waals surface area contributed by atoms with Crippen LogP contribution < -0.4 is 0 Å². The van der Waals surface area contributed by atoms with Gasteiger partial charge in [-0.2, -0.15) is 0 Å². The number of fused-ring (bicyclic) bond motifs is 1. The van der Waals surface area contributed by atoms with Crippen LogP contribution in [0.25, 0.3) is 10.8 Å². The van der Waals surface area contributed by atoms with Crippen LogP contribution in [0.4, 0.5) is 0 Å². The molecule has 1 aliphatic heterocycles. The summed E-state index contributed by atoms with van der Waals surface area (Å²) in [5.74, 6) is 0.576. The molecule has 2 heterocycles. The van der Waals surface area contributed by atoms with Crippen LogP contribution in [-0.4, -0.2) is 28.8 Å². The van der Waals surface area contributed by atoms with Gasteiger partial charge in [-0.25, -0.2) is 0 Å². The second-order valence-electron chi connectivity index (χ2n) is 7.59. The number of pyridine rings is 1. The van der Waals surface area contributed by atoms with E-state index in [4.69, 9.17) is 0 Å². The van der Waals surface area contributed by atoms with E-state index in [0.717, 1.165) is 49.1 Å². The Balaban J connectivity index is 1.38. The number of rotatable bonds is 5. The van der Waals surface area contributed by atoms with Gasteiger partial charge in [0, 0.05) is 36.2 Å². The first kappa shape index (κ1) is 17.9. The van der Waals surface area contributed by atoms with Crippen molar-refractivity contribution in [3.8, 4) is 0 Å². The number of benzene rings is 2. The highest BCUT2D eigenvalue weighted by molar-refractivity contribution is 5.92. The highest BCUT2D eigenvalue weighted by atomic mass is 16.1. The van der Waals surface area contributed by atoms with Gasteiger partial charge in [0.25, 0.3) is 0 Å². The third kappa shape index (κ3) is 4.09. The normalized spacial score (nSPS) is 15.9. The van der Waals surface area contributed by atoms with Gasteiger partial charge in [0.05, 0.1) is 0 Å². The van der Waals surface area contributed by atoms with Crippen molar-refractivity contribution in [2.24, 2.45) is 5.92 Å². The molecule has 4 rings (SSSR count). The zero-order valence-corrected chi connectivity index (χ0v) is 15.9. The first-order valence-corrected chi connectivity index (χ1v) is 9.83. The SMILES string of the molecule is Cc1nccc2c(CC(=O)C3CCN(Cc4ccccc4)CC3)cccc12. The molecule has 0 spiro atoms. The Labute approximate surface area is 161 Å². The van der Waals surface area contributed by atoms with E-state index in [-0.39, 0.29) is 5.92 Å². The second-order valence-corrected chi connectivity index (χ2v) is 7.59. The maximum atomic E-state index is 12.9. The number of aryl methyl sites for hydroxylation is 1. The van der Waals surface area contributed by atoms with Gasteiger partial charge < -0.3 is 0 Å². The summed E-state index contributed by atoms with van der Waals surface area (Å²) < 4.78 is 0. The first-order chi connectivity index (χ1) is 13.2. The minimum atomic E-state index is 0.190. The monoisotopic (exact) mass is 358 g/mol. The summed E-state index contributed by atoms with van der Waals surface area (Å²) in [6.07, 6.45) is 4.31. The highest BCUT2D eigenvalue weighted by Crippen LogP contribution is 2.25. The summed E-state index contributed by atoms with van der Waals surface area (Å²) >= 11 is 0. The second kappa shape index (κ2) is 8.01. The molecule has 0 atom stereocenters. The average Bonchev–Trinajstić information content (AvgIpc) is 2.70. The van der Waals surface area contributed by atoms with Crippen LogP contribution in [0.3, 0.4) is 0 Å². The number of nitrogens with zero attached hydrogens (tertiary/aromatic N) is 2.